The SMILES string of the molecule is CCCCCCCCCCCCOC(=O)CCCN(C)CCCCCN(CCCC(=O)OCCCCCCCCCCCC)CCCC(=O)OCCCCCCCCCCCC. The van der Waals surface area contributed by atoms with Gasteiger partial charge in [0.15, 0.2) is 0 Å². The molecule has 0 saturated carbocycles. The van der Waals surface area contributed by atoms with E-state index in [0.29, 0.717) is 39.1 Å². The van der Waals surface area contributed by atoms with Crippen LogP contribution in [0.4, 0.5) is 0 Å². The Hall–Kier alpha value is -1.67. The fourth-order valence-electron chi connectivity index (χ4n) is 8.27. The fraction of sp³-hybridized carbons (Fsp3) is 0.944. The number of unbranched alkanes of at least 4 members (excludes halogenated alkanes) is 29. The summed E-state index contributed by atoms with van der Waals surface area (Å²) in [6, 6.07) is 0. The van der Waals surface area contributed by atoms with E-state index in [2.05, 4.69) is 37.6 Å². The number of carbonyl (C=O) groups is 3. The van der Waals surface area contributed by atoms with Crippen molar-refractivity contribution in [2.75, 3.05) is 59.6 Å². The predicted octanol–water partition coefficient (Wildman–Crippen LogP) is 15.1. The molecule has 0 saturated heterocycles. The van der Waals surface area contributed by atoms with E-state index in [9.17, 15) is 14.4 Å². The zero-order valence-corrected chi connectivity index (χ0v) is 42.1. The van der Waals surface area contributed by atoms with Gasteiger partial charge in [0.25, 0.3) is 0 Å². The second-order valence-corrected chi connectivity index (χ2v) is 18.7. The molecule has 0 aromatic carbocycles. The molecule has 0 atom stereocenters. The highest BCUT2D eigenvalue weighted by Gasteiger charge is 2.11. The van der Waals surface area contributed by atoms with Gasteiger partial charge < -0.3 is 24.0 Å². The summed E-state index contributed by atoms with van der Waals surface area (Å²) in [6.45, 7) is 13.0. The molecule has 0 bridgehead atoms. The van der Waals surface area contributed by atoms with E-state index in [-0.39, 0.29) is 17.9 Å². The van der Waals surface area contributed by atoms with Gasteiger partial charge in [-0.1, -0.05) is 201 Å². The molecule has 0 rings (SSSR count). The molecule has 0 fully saturated rings. The highest BCUT2D eigenvalue weighted by atomic mass is 16.5. The molecule has 0 amide bonds. The van der Waals surface area contributed by atoms with E-state index in [0.717, 1.165) is 110 Å². The molecule has 0 unspecified atom stereocenters. The van der Waals surface area contributed by atoms with Crippen molar-refractivity contribution >= 4 is 17.9 Å². The van der Waals surface area contributed by atoms with Gasteiger partial charge in [-0.2, -0.15) is 0 Å². The van der Waals surface area contributed by atoms with Crippen LogP contribution in [0.5, 0.6) is 0 Å². The number of ether oxygens (including phenoxy) is 3. The molecule has 8 heteroatoms. The maximum absolute atomic E-state index is 12.5. The summed E-state index contributed by atoms with van der Waals surface area (Å²) < 4.78 is 16.6. The topological polar surface area (TPSA) is 85.4 Å². The number of hydrogen-bond donors (Lipinski definition) is 0. The van der Waals surface area contributed by atoms with Crippen molar-refractivity contribution in [1.82, 2.24) is 9.80 Å². The second-order valence-electron chi connectivity index (χ2n) is 18.7. The van der Waals surface area contributed by atoms with E-state index >= 15 is 0 Å². The van der Waals surface area contributed by atoms with E-state index in [1.54, 1.807) is 0 Å². The van der Waals surface area contributed by atoms with Gasteiger partial charge in [-0.05, 0) is 91.1 Å². The van der Waals surface area contributed by atoms with Crippen LogP contribution in [0.25, 0.3) is 0 Å². The first-order valence-corrected chi connectivity index (χ1v) is 27.3. The first-order valence-electron chi connectivity index (χ1n) is 27.3. The van der Waals surface area contributed by atoms with Crippen molar-refractivity contribution in [2.24, 2.45) is 0 Å². The Bertz CT molecular complexity index is 904. The van der Waals surface area contributed by atoms with E-state index in [1.807, 2.05) is 0 Å². The summed E-state index contributed by atoms with van der Waals surface area (Å²) in [5, 5.41) is 0. The number of esters is 3. The molecule has 368 valence electrons. The van der Waals surface area contributed by atoms with Crippen LogP contribution in [0.15, 0.2) is 0 Å². The van der Waals surface area contributed by atoms with E-state index in [1.165, 1.54) is 154 Å². The lowest BCUT2D eigenvalue weighted by Gasteiger charge is -2.22. The van der Waals surface area contributed by atoms with E-state index in [4.69, 9.17) is 14.2 Å². The Morgan fingerprint density at radius 1 is 0.290 bits per heavy atom. The zero-order chi connectivity index (χ0) is 45.2. The van der Waals surface area contributed by atoms with Crippen LogP contribution >= 0.6 is 0 Å². The minimum Gasteiger partial charge on any atom is -0.466 e. The molecule has 0 aliphatic carbocycles. The lowest BCUT2D eigenvalue weighted by atomic mass is 10.1. The maximum atomic E-state index is 12.5. The smallest absolute Gasteiger partial charge is 0.305 e. The van der Waals surface area contributed by atoms with Crippen LogP contribution < -0.4 is 0 Å². The van der Waals surface area contributed by atoms with Crippen LogP contribution in [-0.4, -0.2) is 87.3 Å². The molecular weight excluding hydrogens is 773 g/mol. The monoisotopic (exact) mass is 879 g/mol. The van der Waals surface area contributed by atoms with Crippen molar-refractivity contribution in [3.05, 3.63) is 0 Å². The van der Waals surface area contributed by atoms with Crippen LogP contribution in [0.2, 0.25) is 0 Å². The summed E-state index contributed by atoms with van der Waals surface area (Å²) in [5.41, 5.74) is 0. The molecule has 0 radical (unpaired) electrons. The molecule has 62 heavy (non-hydrogen) atoms. The Morgan fingerprint density at radius 3 is 0.839 bits per heavy atom. The molecule has 0 heterocycles. The summed E-state index contributed by atoms with van der Waals surface area (Å²) in [7, 11) is 2.15. The molecular formula is C54H106N2O6. The lowest BCUT2D eigenvalue weighted by molar-refractivity contribution is -0.145. The van der Waals surface area contributed by atoms with E-state index < -0.39 is 0 Å². The predicted molar refractivity (Wildman–Crippen MR) is 264 cm³/mol. The van der Waals surface area contributed by atoms with Gasteiger partial charge in [-0.25, -0.2) is 0 Å². The molecule has 0 aliphatic rings. The Balaban J connectivity index is 4.29. The van der Waals surface area contributed by atoms with Crippen molar-refractivity contribution in [1.29, 1.82) is 0 Å². The molecule has 0 aromatic rings. The van der Waals surface area contributed by atoms with Gasteiger partial charge in [0.1, 0.15) is 0 Å². The third-order valence-corrected chi connectivity index (χ3v) is 12.4. The summed E-state index contributed by atoms with van der Waals surface area (Å²) in [6.07, 6.45) is 45.4. The largest absolute Gasteiger partial charge is 0.466 e. The number of carbonyl (C=O) groups excluding carboxylic acids is 3. The number of hydrogen-bond acceptors (Lipinski definition) is 8. The summed E-state index contributed by atoms with van der Waals surface area (Å²) in [4.78, 5) is 42.0. The van der Waals surface area contributed by atoms with Crippen LogP contribution in [0, 0.1) is 0 Å². The molecule has 0 spiro atoms. The normalized spacial score (nSPS) is 11.5. The quantitative estimate of drug-likeness (QED) is 0.0339. The van der Waals surface area contributed by atoms with Gasteiger partial charge in [0.2, 0.25) is 0 Å². The Labute approximate surface area is 385 Å². The van der Waals surface area contributed by atoms with Gasteiger partial charge in [-0.3, -0.25) is 14.4 Å². The van der Waals surface area contributed by atoms with Crippen molar-refractivity contribution in [2.45, 2.75) is 271 Å². The first kappa shape index (κ1) is 60.3. The van der Waals surface area contributed by atoms with Crippen molar-refractivity contribution < 1.29 is 28.6 Å². The zero-order valence-electron chi connectivity index (χ0n) is 42.1. The molecule has 0 N–H and O–H groups in total. The summed E-state index contributed by atoms with van der Waals surface area (Å²) in [5.74, 6) is -0.220. The minimum atomic E-state index is -0.0817. The number of rotatable bonds is 51. The minimum absolute atomic E-state index is 0.0564. The fourth-order valence-corrected chi connectivity index (χ4v) is 8.27. The average molecular weight is 879 g/mol. The Kier molecular flexibility index (Phi) is 49.0. The highest BCUT2D eigenvalue weighted by Crippen LogP contribution is 2.14. The lowest BCUT2D eigenvalue weighted by Crippen LogP contribution is -2.28. The standard InChI is InChI=1S/C54H106N2O6/c1-5-8-11-14-17-20-23-26-29-35-49-60-52(57)41-38-45-55(4)44-33-32-34-46-56(47-39-42-53(58)61-50-36-30-27-24-21-18-15-12-9-6-2)48-40-43-54(59)62-51-37-31-28-25-22-19-16-13-10-7-3/h5-51H2,1-4H3. The van der Waals surface area contributed by atoms with Crippen molar-refractivity contribution in [3.63, 3.8) is 0 Å². The molecule has 0 aliphatic heterocycles. The van der Waals surface area contributed by atoms with Crippen molar-refractivity contribution in [3.8, 4) is 0 Å². The maximum Gasteiger partial charge on any atom is 0.305 e. The van der Waals surface area contributed by atoms with Gasteiger partial charge in [-0.15, -0.1) is 0 Å². The van der Waals surface area contributed by atoms with Crippen LogP contribution in [0.3, 0.4) is 0 Å². The average Bonchev–Trinajstić information content (AvgIpc) is 3.26. The van der Waals surface area contributed by atoms with Crippen LogP contribution in [-0.2, 0) is 28.6 Å². The van der Waals surface area contributed by atoms with Crippen LogP contribution in [0.1, 0.15) is 271 Å². The number of nitrogens with zero attached hydrogens (tertiary/aromatic N) is 2. The second kappa shape index (κ2) is 50.3. The first-order chi connectivity index (χ1) is 30.4. The van der Waals surface area contributed by atoms with Gasteiger partial charge in [0, 0.05) is 19.3 Å². The molecule has 0 aromatic heterocycles. The third kappa shape index (κ3) is 47.8. The third-order valence-electron chi connectivity index (χ3n) is 12.4. The highest BCUT2D eigenvalue weighted by molar-refractivity contribution is 5.70. The van der Waals surface area contributed by atoms with Gasteiger partial charge >= 0.3 is 17.9 Å². The molecule has 8 nitrogen and oxygen atoms in total. The summed E-state index contributed by atoms with van der Waals surface area (Å²) >= 11 is 0. The van der Waals surface area contributed by atoms with Gasteiger partial charge in [0.05, 0.1) is 19.8 Å². The Morgan fingerprint density at radius 2 is 0.516 bits per heavy atom.